The van der Waals surface area contributed by atoms with Crippen molar-refractivity contribution in [2.45, 2.75) is 70.7 Å². The average Bonchev–Trinajstić information content (AvgIpc) is 3.20. The van der Waals surface area contributed by atoms with Gasteiger partial charge in [-0.05, 0) is 76.1 Å². The van der Waals surface area contributed by atoms with Crippen LogP contribution >= 0.6 is 23.2 Å². The smallest absolute Gasteiger partial charge is 0.306 e. The zero-order chi connectivity index (χ0) is 27.9. The highest BCUT2D eigenvalue weighted by atomic mass is 35.5. The van der Waals surface area contributed by atoms with Crippen molar-refractivity contribution < 1.29 is 28.9 Å². The summed E-state index contributed by atoms with van der Waals surface area (Å²) in [5, 5.41) is 12.7. The van der Waals surface area contributed by atoms with Crippen LogP contribution in [0.1, 0.15) is 58.1 Å². The zero-order valence-electron chi connectivity index (χ0n) is 22.1. The summed E-state index contributed by atoms with van der Waals surface area (Å²) in [4.78, 5) is 30.9. The number of hydrogen-bond acceptors (Lipinski definition) is 7. The predicted octanol–water partition coefficient (Wildman–Crippen LogP) is 5.10. The third kappa shape index (κ3) is 7.85. The Morgan fingerprint density at radius 1 is 1.13 bits per heavy atom. The molecule has 1 amide bonds. The number of carbonyl (C=O) groups is 2. The molecule has 38 heavy (non-hydrogen) atoms. The van der Waals surface area contributed by atoms with Gasteiger partial charge < -0.3 is 24.6 Å². The summed E-state index contributed by atoms with van der Waals surface area (Å²) in [5.41, 5.74) is -0.558. The number of amides is 1. The van der Waals surface area contributed by atoms with Crippen molar-refractivity contribution in [3.63, 3.8) is 0 Å². The third-order valence-corrected chi connectivity index (χ3v) is 6.63. The maximum Gasteiger partial charge on any atom is 0.306 e. The molecule has 1 aliphatic heterocycles. The second-order valence-electron chi connectivity index (χ2n) is 10.1. The Balaban J connectivity index is 1.83. The predicted molar refractivity (Wildman–Crippen MR) is 147 cm³/mol. The molecule has 8 nitrogen and oxygen atoms in total. The van der Waals surface area contributed by atoms with Gasteiger partial charge >= 0.3 is 5.97 Å². The van der Waals surface area contributed by atoms with E-state index in [1.807, 2.05) is 0 Å². The molecule has 0 aromatic heterocycles. The summed E-state index contributed by atoms with van der Waals surface area (Å²) < 4.78 is 17.1. The number of aliphatic hydroxyl groups excluding tert-OH is 1. The lowest BCUT2D eigenvalue weighted by Gasteiger charge is -2.28. The molecule has 0 bridgehead atoms. The van der Waals surface area contributed by atoms with E-state index in [0.717, 1.165) is 5.56 Å². The molecule has 0 aliphatic carbocycles. The molecule has 2 atom stereocenters. The SMILES string of the molecule is C[C@H]1OC(c2ccc(OCCCO)cc2)=N[C@@]1(CCC(=O)OC(C)(C)C)C(=O)NCc1ccc(Cl)c(Cl)c1. The van der Waals surface area contributed by atoms with Gasteiger partial charge in [0.2, 0.25) is 5.90 Å². The van der Waals surface area contributed by atoms with Crippen molar-refractivity contribution >= 4 is 41.0 Å². The van der Waals surface area contributed by atoms with Crippen molar-refractivity contribution in [3.05, 3.63) is 63.6 Å². The van der Waals surface area contributed by atoms with Gasteiger partial charge in [0, 0.05) is 31.6 Å². The van der Waals surface area contributed by atoms with E-state index in [0.29, 0.717) is 40.3 Å². The number of nitrogens with zero attached hydrogens (tertiary/aromatic N) is 1. The molecule has 2 N–H and O–H groups in total. The molecule has 2 aromatic carbocycles. The molecule has 10 heteroatoms. The number of benzene rings is 2. The monoisotopic (exact) mass is 564 g/mol. The van der Waals surface area contributed by atoms with Crippen molar-refractivity contribution in [3.8, 4) is 5.75 Å². The zero-order valence-corrected chi connectivity index (χ0v) is 23.6. The fourth-order valence-electron chi connectivity index (χ4n) is 3.92. The van der Waals surface area contributed by atoms with E-state index in [-0.39, 0.29) is 31.9 Å². The second kappa shape index (κ2) is 12.8. The number of aliphatic imine (C=N–C) groups is 1. The number of halogens is 2. The van der Waals surface area contributed by atoms with Crippen LogP contribution in [0, 0.1) is 0 Å². The maximum absolute atomic E-state index is 13.6. The second-order valence-corrected chi connectivity index (χ2v) is 10.9. The minimum atomic E-state index is -1.35. The van der Waals surface area contributed by atoms with Gasteiger partial charge in [-0.2, -0.15) is 0 Å². The molecule has 1 aliphatic rings. The molecule has 3 rings (SSSR count). The van der Waals surface area contributed by atoms with Crippen LogP contribution in [0.15, 0.2) is 47.5 Å². The highest BCUT2D eigenvalue weighted by Crippen LogP contribution is 2.34. The lowest BCUT2D eigenvalue weighted by Crippen LogP contribution is -2.51. The lowest BCUT2D eigenvalue weighted by atomic mass is 9.87. The van der Waals surface area contributed by atoms with Crippen LogP contribution in [-0.2, 0) is 25.6 Å². The van der Waals surface area contributed by atoms with Crippen molar-refractivity contribution in [1.82, 2.24) is 5.32 Å². The Labute approximate surface area is 233 Å². The Morgan fingerprint density at radius 3 is 2.47 bits per heavy atom. The quantitative estimate of drug-likeness (QED) is 0.290. The standard InChI is InChI=1S/C28H34Cl2N2O6/c1-18-28(13-12-24(34)38-27(2,3)4,26(35)31-17-19-6-11-22(29)23(30)16-19)32-25(37-18)20-7-9-21(10-8-20)36-15-5-14-33/h6-11,16,18,33H,5,12-15,17H2,1-4H3,(H,31,35)/t18-,28-/m1/s1. The topological polar surface area (TPSA) is 106 Å². The first-order valence-corrected chi connectivity index (χ1v) is 13.2. The van der Waals surface area contributed by atoms with E-state index in [1.165, 1.54) is 0 Å². The Hall–Kier alpha value is -2.81. The van der Waals surface area contributed by atoms with Gasteiger partial charge in [-0.15, -0.1) is 0 Å². The van der Waals surface area contributed by atoms with Gasteiger partial charge in [-0.3, -0.25) is 9.59 Å². The van der Waals surface area contributed by atoms with Crippen LogP contribution in [0.3, 0.4) is 0 Å². The summed E-state index contributed by atoms with van der Waals surface area (Å²) in [6.45, 7) is 7.78. The van der Waals surface area contributed by atoms with Crippen molar-refractivity contribution in [2.24, 2.45) is 4.99 Å². The molecule has 0 unspecified atom stereocenters. The molecule has 1 heterocycles. The fourth-order valence-corrected chi connectivity index (χ4v) is 4.24. The number of carbonyl (C=O) groups excluding carboxylic acids is 2. The van der Waals surface area contributed by atoms with E-state index in [9.17, 15) is 9.59 Å². The van der Waals surface area contributed by atoms with Gasteiger partial charge in [-0.1, -0.05) is 29.3 Å². The van der Waals surface area contributed by atoms with Crippen molar-refractivity contribution in [1.29, 1.82) is 0 Å². The summed E-state index contributed by atoms with van der Waals surface area (Å²) in [6, 6.07) is 12.2. The normalized spacial score (nSPS) is 18.9. The maximum atomic E-state index is 13.6. The molecule has 0 radical (unpaired) electrons. The highest BCUT2D eigenvalue weighted by molar-refractivity contribution is 6.42. The van der Waals surface area contributed by atoms with Gasteiger partial charge in [0.1, 0.15) is 17.5 Å². The van der Waals surface area contributed by atoms with Crippen LogP contribution in [0.4, 0.5) is 0 Å². The Kier molecular flexibility index (Phi) is 10.0. The van der Waals surface area contributed by atoms with Crippen molar-refractivity contribution in [2.75, 3.05) is 13.2 Å². The van der Waals surface area contributed by atoms with E-state index < -0.39 is 23.2 Å². The van der Waals surface area contributed by atoms with E-state index in [2.05, 4.69) is 5.32 Å². The average molecular weight is 565 g/mol. The number of esters is 1. The molecule has 0 fully saturated rings. The minimum Gasteiger partial charge on any atom is -0.494 e. The van der Waals surface area contributed by atoms with Gasteiger partial charge in [0.05, 0.1) is 16.7 Å². The number of ether oxygens (including phenoxy) is 3. The Morgan fingerprint density at radius 2 is 1.84 bits per heavy atom. The summed E-state index contributed by atoms with van der Waals surface area (Å²) in [5.74, 6) is 0.144. The summed E-state index contributed by atoms with van der Waals surface area (Å²) in [7, 11) is 0. The van der Waals surface area contributed by atoms with E-state index in [4.69, 9.17) is 47.5 Å². The largest absolute Gasteiger partial charge is 0.494 e. The van der Waals surface area contributed by atoms with Crippen LogP contribution in [0.25, 0.3) is 0 Å². The van der Waals surface area contributed by atoms with E-state index in [1.54, 1.807) is 70.2 Å². The fraction of sp³-hybridized carbons (Fsp3) is 0.464. The molecule has 0 saturated carbocycles. The summed E-state index contributed by atoms with van der Waals surface area (Å²) in [6.07, 6.45) is -0.0249. The molecule has 2 aromatic rings. The van der Waals surface area contributed by atoms with Gasteiger partial charge in [-0.25, -0.2) is 4.99 Å². The first-order valence-electron chi connectivity index (χ1n) is 12.5. The van der Waals surface area contributed by atoms with Gasteiger partial charge in [0.25, 0.3) is 5.91 Å². The molecule has 0 saturated heterocycles. The molecular formula is C28H34Cl2N2O6. The van der Waals surface area contributed by atoms with Crippen LogP contribution in [0.2, 0.25) is 10.0 Å². The lowest BCUT2D eigenvalue weighted by molar-refractivity contribution is -0.155. The molecular weight excluding hydrogens is 531 g/mol. The van der Waals surface area contributed by atoms with Crippen LogP contribution in [0.5, 0.6) is 5.75 Å². The first-order chi connectivity index (χ1) is 17.9. The van der Waals surface area contributed by atoms with E-state index >= 15 is 0 Å². The van der Waals surface area contributed by atoms with Gasteiger partial charge in [0.15, 0.2) is 5.54 Å². The number of rotatable bonds is 11. The number of nitrogens with one attached hydrogen (secondary N) is 1. The third-order valence-electron chi connectivity index (χ3n) is 5.89. The Bertz CT molecular complexity index is 1160. The highest BCUT2D eigenvalue weighted by Gasteiger charge is 2.50. The first kappa shape index (κ1) is 29.7. The summed E-state index contributed by atoms with van der Waals surface area (Å²) >= 11 is 12.1. The van der Waals surface area contributed by atoms with Crippen LogP contribution < -0.4 is 10.1 Å². The number of hydrogen-bond donors (Lipinski definition) is 2. The molecule has 0 spiro atoms. The molecule has 206 valence electrons. The van der Waals surface area contributed by atoms with Crippen LogP contribution in [-0.4, -0.2) is 53.3 Å². The number of aliphatic hydroxyl groups is 1. The minimum absolute atomic E-state index is 0.0143.